The lowest BCUT2D eigenvalue weighted by Crippen LogP contribution is -2.30. The van der Waals surface area contributed by atoms with Gasteiger partial charge in [-0.3, -0.25) is 4.79 Å². The van der Waals surface area contributed by atoms with Gasteiger partial charge in [-0.1, -0.05) is 18.2 Å². The maximum Gasteiger partial charge on any atom is 0.319 e. The molecule has 0 radical (unpaired) electrons. The SMILES string of the molecule is COc1ccccc1CCNC(=O)Nc1ccc(C(N)=O)cc1. The fraction of sp³-hybridized carbons (Fsp3) is 0.176. The van der Waals surface area contributed by atoms with Crippen molar-refractivity contribution in [2.75, 3.05) is 19.0 Å². The predicted molar refractivity (Wildman–Crippen MR) is 88.7 cm³/mol. The van der Waals surface area contributed by atoms with Crippen molar-refractivity contribution in [1.82, 2.24) is 5.32 Å². The van der Waals surface area contributed by atoms with Gasteiger partial charge in [0.2, 0.25) is 5.91 Å². The smallest absolute Gasteiger partial charge is 0.319 e. The minimum absolute atomic E-state index is 0.313. The highest BCUT2D eigenvalue weighted by Gasteiger charge is 2.05. The van der Waals surface area contributed by atoms with Crippen molar-refractivity contribution in [1.29, 1.82) is 0 Å². The third-order valence-corrected chi connectivity index (χ3v) is 3.30. The van der Waals surface area contributed by atoms with E-state index in [1.54, 1.807) is 31.4 Å². The lowest BCUT2D eigenvalue weighted by Gasteiger charge is -2.10. The number of rotatable bonds is 6. The average Bonchev–Trinajstić information content (AvgIpc) is 2.55. The summed E-state index contributed by atoms with van der Waals surface area (Å²) in [6.45, 7) is 0.478. The number of nitrogens with one attached hydrogen (secondary N) is 2. The van der Waals surface area contributed by atoms with E-state index >= 15 is 0 Å². The maximum atomic E-state index is 11.8. The molecule has 0 unspecified atom stereocenters. The fourth-order valence-corrected chi connectivity index (χ4v) is 2.11. The van der Waals surface area contributed by atoms with Gasteiger partial charge in [0.05, 0.1) is 7.11 Å². The zero-order valence-electron chi connectivity index (χ0n) is 12.8. The van der Waals surface area contributed by atoms with Crippen molar-refractivity contribution in [2.24, 2.45) is 5.73 Å². The molecule has 120 valence electrons. The number of carbonyl (C=O) groups excluding carboxylic acids is 2. The molecule has 0 atom stereocenters. The first-order chi connectivity index (χ1) is 11.1. The molecule has 0 aromatic heterocycles. The molecule has 0 saturated carbocycles. The molecule has 0 aliphatic heterocycles. The first kappa shape index (κ1) is 16.4. The summed E-state index contributed by atoms with van der Waals surface area (Å²) >= 11 is 0. The number of carbonyl (C=O) groups is 2. The Kier molecular flexibility index (Phi) is 5.57. The van der Waals surface area contributed by atoms with Crippen molar-refractivity contribution < 1.29 is 14.3 Å². The summed E-state index contributed by atoms with van der Waals surface area (Å²) < 4.78 is 5.26. The quantitative estimate of drug-likeness (QED) is 0.763. The molecule has 0 saturated heterocycles. The van der Waals surface area contributed by atoms with Crippen LogP contribution in [0.1, 0.15) is 15.9 Å². The van der Waals surface area contributed by atoms with E-state index in [2.05, 4.69) is 10.6 Å². The van der Waals surface area contributed by atoms with Crippen LogP contribution < -0.4 is 21.1 Å². The number of urea groups is 1. The second kappa shape index (κ2) is 7.84. The summed E-state index contributed by atoms with van der Waals surface area (Å²) in [7, 11) is 1.62. The second-order valence-corrected chi connectivity index (χ2v) is 4.88. The van der Waals surface area contributed by atoms with Crippen LogP contribution in [0.2, 0.25) is 0 Å². The normalized spacial score (nSPS) is 9.96. The third-order valence-electron chi connectivity index (χ3n) is 3.30. The third kappa shape index (κ3) is 4.74. The van der Waals surface area contributed by atoms with Crippen LogP contribution in [0.5, 0.6) is 5.75 Å². The molecular weight excluding hydrogens is 294 g/mol. The number of primary amides is 1. The first-order valence-corrected chi connectivity index (χ1v) is 7.17. The fourth-order valence-electron chi connectivity index (χ4n) is 2.11. The topological polar surface area (TPSA) is 93.4 Å². The molecule has 6 nitrogen and oxygen atoms in total. The lowest BCUT2D eigenvalue weighted by molar-refractivity contribution is 0.100. The van der Waals surface area contributed by atoms with Crippen LogP contribution in [0, 0.1) is 0 Å². The molecule has 3 amide bonds. The molecule has 4 N–H and O–H groups in total. The van der Waals surface area contributed by atoms with Gasteiger partial charge in [0.15, 0.2) is 0 Å². The number of amides is 3. The van der Waals surface area contributed by atoms with E-state index in [-0.39, 0.29) is 6.03 Å². The van der Waals surface area contributed by atoms with E-state index in [1.165, 1.54) is 0 Å². The van der Waals surface area contributed by atoms with E-state index < -0.39 is 5.91 Å². The molecule has 0 aliphatic rings. The van der Waals surface area contributed by atoms with E-state index in [0.29, 0.717) is 24.2 Å². The van der Waals surface area contributed by atoms with Crippen molar-refractivity contribution in [3.8, 4) is 5.75 Å². The van der Waals surface area contributed by atoms with Crippen molar-refractivity contribution in [2.45, 2.75) is 6.42 Å². The van der Waals surface area contributed by atoms with Crippen LogP contribution >= 0.6 is 0 Å². The van der Waals surface area contributed by atoms with Gasteiger partial charge in [-0.15, -0.1) is 0 Å². The highest BCUT2D eigenvalue weighted by Crippen LogP contribution is 2.17. The van der Waals surface area contributed by atoms with Gasteiger partial charge in [0, 0.05) is 17.8 Å². The van der Waals surface area contributed by atoms with E-state index in [0.717, 1.165) is 11.3 Å². The molecule has 0 aliphatic carbocycles. The molecule has 23 heavy (non-hydrogen) atoms. The standard InChI is InChI=1S/C17H19N3O3/c1-23-15-5-3-2-4-12(15)10-11-19-17(22)20-14-8-6-13(7-9-14)16(18)21/h2-9H,10-11H2,1H3,(H2,18,21)(H2,19,20,22). The monoisotopic (exact) mass is 313 g/mol. The Morgan fingerprint density at radius 2 is 1.78 bits per heavy atom. The number of para-hydroxylation sites is 1. The number of hydrogen-bond acceptors (Lipinski definition) is 3. The number of ether oxygens (including phenoxy) is 1. The molecule has 0 spiro atoms. The van der Waals surface area contributed by atoms with E-state index in [9.17, 15) is 9.59 Å². The molecule has 0 fully saturated rings. The van der Waals surface area contributed by atoms with Gasteiger partial charge in [-0.2, -0.15) is 0 Å². The van der Waals surface area contributed by atoms with Gasteiger partial charge < -0.3 is 21.1 Å². The number of nitrogens with two attached hydrogens (primary N) is 1. The molecule has 0 bridgehead atoms. The summed E-state index contributed by atoms with van der Waals surface area (Å²) in [4.78, 5) is 22.8. The maximum absolute atomic E-state index is 11.8. The Bertz CT molecular complexity index is 684. The Hall–Kier alpha value is -3.02. The molecule has 6 heteroatoms. The van der Waals surface area contributed by atoms with Crippen LogP contribution in [-0.2, 0) is 6.42 Å². The first-order valence-electron chi connectivity index (χ1n) is 7.17. The summed E-state index contributed by atoms with van der Waals surface area (Å²) in [6.07, 6.45) is 0.665. The Morgan fingerprint density at radius 3 is 2.43 bits per heavy atom. The van der Waals surface area contributed by atoms with Crippen LogP contribution in [0.15, 0.2) is 48.5 Å². The molecule has 2 rings (SSSR count). The highest BCUT2D eigenvalue weighted by atomic mass is 16.5. The van der Waals surface area contributed by atoms with Gasteiger partial charge in [-0.25, -0.2) is 4.79 Å². The summed E-state index contributed by atoms with van der Waals surface area (Å²) in [6, 6.07) is 13.7. The van der Waals surface area contributed by atoms with E-state index in [1.807, 2.05) is 24.3 Å². The largest absolute Gasteiger partial charge is 0.496 e. The minimum atomic E-state index is -0.502. The van der Waals surface area contributed by atoms with Crippen LogP contribution in [0.3, 0.4) is 0 Å². The minimum Gasteiger partial charge on any atom is -0.496 e. The van der Waals surface area contributed by atoms with Gasteiger partial charge in [0.1, 0.15) is 5.75 Å². The summed E-state index contributed by atoms with van der Waals surface area (Å²) in [5.74, 6) is 0.301. The zero-order chi connectivity index (χ0) is 16.7. The van der Waals surface area contributed by atoms with Gasteiger partial charge in [0.25, 0.3) is 0 Å². The molecule has 2 aromatic carbocycles. The zero-order valence-corrected chi connectivity index (χ0v) is 12.8. The Balaban J connectivity index is 1.82. The van der Waals surface area contributed by atoms with Crippen LogP contribution in [-0.4, -0.2) is 25.6 Å². The Morgan fingerprint density at radius 1 is 1.09 bits per heavy atom. The Labute approximate surface area is 134 Å². The molecule has 2 aromatic rings. The van der Waals surface area contributed by atoms with Crippen molar-refractivity contribution >= 4 is 17.6 Å². The number of hydrogen-bond donors (Lipinski definition) is 3. The average molecular weight is 313 g/mol. The van der Waals surface area contributed by atoms with Crippen LogP contribution in [0.25, 0.3) is 0 Å². The summed E-state index contributed by atoms with van der Waals surface area (Å²) in [5, 5.41) is 5.46. The van der Waals surface area contributed by atoms with E-state index in [4.69, 9.17) is 10.5 Å². The number of methoxy groups -OCH3 is 1. The number of benzene rings is 2. The predicted octanol–water partition coefficient (Wildman–Crippen LogP) is 2.16. The lowest BCUT2D eigenvalue weighted by atomic mass is 10.1. The molecular formula is C17H19N3O3. The van der Waals surface area contributed by atoms with Gasteiger partial charge in [-0.05, 0) is 42.3 Å². The van der Waals surface area contributed by atoms with Crippen LogP contribution in [0.4, 0.5) is 10.5 Å². The highest BCUT2D eigenvalue weighted by molar-refractivity contribution is 5.94. The molecule has 0 heterocycles. The second-order valence-electron chi connectivity index (χ2n) is 4.88. The van der Waals surface area contributed by atoms with Gasteiger partial charge >= 0.3 is 6.03 Å². The van der Waals surface area contributed by atoms with Crippen molar-refractivity contribution in [3.63, 3.8) is 0 Å². The van der Waals surface area contributed by atoms with Crippen molar-refractivity contribution in [3.05, 3.63) is 59.7 Å². The summed E-state index contributed by atoms with van der Waals surface area (Å²) in [5.41, 5.74) is 7.17. The number of anilines is 1.